The Hall–Kier alpha value is -2.82. The van der Waals surface area contributed by atoms with Crippen molar-refractivity contribution in [2.45, 2.75) is 13.5 Å². The summed E-state index contributed by atoms with van der Waals surface area (Å²) in [4.78, 5) is 23.4. The number of hydrogen-bond donors (Lipinski definition) is 2. The summed E-state index contributed by atoms with van der Waals surface area (Å²) in [6.45, 7) is 1.84. The first-order valence-corrected chi connectivity index (χ1v) is 6.83. The van der Waals surface area contributed by atoms with Gasteiger partial charge < -0.3 is 15.8 Å². The molecule has 1 amide bonds. The summed E-state index contributed by atoms with van der Waals surface area (Å²) < 4.78 is 5.08. The van der Waals surface area contributed by atoms with Crippen LogP contribution in [0.5, 0.6) is 5.75 Å². The Kier molecular flexibility index (Phi) is 4.78. The minimum Gasteiger partial charge on any atom is -0.497 e. The molecular formula is C17H18N2O3. The van der Waals surface area contributed by atoms with Crippen LogP contribution in [0.4, 0.5) is 5.69 Å². The second kappa shape index (κ2) is 6.76. The number of anilines is 1. The second-order valence-corrected chi connectivity index (χ2v) is 4.89. The highest BCUT2D eigenvalue weighted by Gasteiger charge is 2.10. The third-order valence-corrected chi connectivity index (χ3v) is 3.31. The third-order valence-electron chi connectivity index (χ3n) is 3.31. The number of Topliss-reactive ketones (excluding diaryl/α,β-unsaturated/α-hetero) is 1. The predicted octanol–water partition coefficient (Wildman–Crippen LogP) is 2.41. The summed E-state index contributed by atoms with van der Waals surface area (Å²) in [5.74, 6) is 0.406. The molecule has 0 bridgehead atoms. The average Bonchev–Trinajstić information content (AvgIpc) is 2.52. The van der Waals surface area contributed by atoms with Crippen molar-refractivity contribution in [3.8, 4) is 5.75 Å². The van der Waals surface area contributed by atoms with Gasteiger partial charge in [0.1, 0.15) is 5.75 Å². The molecule has 0 aliphatic carbocycles. The van der Waals surface area contributed by atoms with E-state index in [9.17, 15) is 9.59 Å². The minimum atomic E-state index is -0.238. The fourth-order valence-electron chi connectivity index (χ4n) is 2.05. The first-order valence-electron chi connectivity index (χ1n) is 6.83. The number of benzene rings is 2. The van der Waals surface area contributed by atoms with Crippen molar-refractivity contribution in [2.24, 2.45) is 0 Å². The largest absolute Gasteiger partial charge is 0.497 e. The number of ketones is 1. The van der Waals surface area contributed by atoms with Crippen LogP contribution in [0, 0.1) is 0 Å². The SMILES string of the molecule is COc1ccc(CNC(=O)c2ccc(C(C)=O)c(N)c2)cc1. The van der Waals surface area contributed by atoms with E-state index in [-0.39, 0.29) is 11.7 Å². The van der Waals surface area contributed by atoms with Gasteiger partial charge in [-0.3, -0.25) is 9.59 Å². The molecule has 22 heavy (non-hydrogen) atoms. The van der Waals surface area contributed by atoms with Crippen molar-refractivity contribution in [1.29, 1.82) is 0 Å². The Balaban J connectivity index is 2.02. The lowest BCUT2D eigenvalue weighted by Gasteiger charge is -2.08. The second-order valence-electron chi connectivity index (χ2n) is 4.89. The maximum atomic E-state index is 12.1. The maximum Gasteiger partial charge on any atom is 0.251 e. The molecule has 2 aromatic rings. The third kappa shape index (κ3) is 3.63. The van der Waals surface area contributed by atoms with Crippen LogP contribution in [0.3, 0.4) is 0 Å². The first-order chi connectivity index (χ1) is 10.5. The quantitative estimate of drug-likeness (QED) is 0.656. The number of nitrogens with two attached hydrogens (primary N) is 1. The van der Waals surface area contributed by atoms with Gasteiger partial charge >= 0.3 is 0 Å². The molecule has 0 atom stereocenters. The van der Waals surface area contributed by atoms with Crippen LogP contribution in [-0.4, -0.2) is 18.8 Å². The number of methoxy groups -OCH3 is 1. The molecule has 2 rings (SSSR count). The van der Waals surface area contributed by atoms with Crippen molar-refractivity contribution in [3.05, 3.63) is 59.2 Å². The molecule has 0 unspecified atom stereocenters. The Morgan fingerprint density at radius 3 is 2.36 bits per heavy atom. The number of amides is 1. The normalized spacial score (nSPS) is 10.1. The van der Waals surface area contributed by atoms with Gasteiger partial charge in [-0.2, -0.15) is 0 Å². The van der Waals surface area contributed by atoms with E-state index in [1.807, 2.05) is 24.3 Å². The van der Waals surface area contributed by atoms with Crippen LogP contribution >= 0.6 is 0 Å². The van der Waals surface area contributed by atoms with E-state index in [0.717, 1.165) is 11.3 Å². The smallest absolute Gasteiger partial charge is 0.251 e. The van der Waals surface area contributed by atoms with Gasteiger partial charge in [0.25, 0.3) is 5.91 Å². The van der Waals surface area contributed by atoms with Crippen LogP contribution in [0.25, 0.3) is 0 Å². The molecule has 0 spiro atoms. The fraction of sp³-hybridized carbons (Fsp3) is 0.176. The summed E-state index contributed by atoms with van der Waals surface area (Å²) in [7, 11) is 1.60. The number of nitrogens with one attached hydrogen (secondary N) is 1. The highest BCUT2D eigenvalue weighted by molar-refractivity contribution is 6.02. The van der Waals surface area contributed by atoms with Crippen LogP contribution in [0.2, 0.25) is 0 Å². The number of carbonyl (C=O) groups excluding carboxylic acids is 2. The molecule has 114 valence electrons. The molecule has 3 N–H and O–H groups in total. The van der Waals surface area contributed by atoms with Gasteiger partial charge in [0.05, 0.1) is 7.11 Å². The van der Waals surface area contributed by atoms with Gasteiger partial charge in [-0.25, -0.2) is 0 Å². The zero-order valence-corrected chi connectivity index (χ0v) is 12.6. The van der Waals surface area contributed by atoms with Gasteiger partial charge in [-0.05, 0) is 42.8 Å². The Morgan fingerprint density at radius 1 is 1.14 bits per heavy atom. The molecule has 0 aliphatic heterocycles. The predicted molar refractivity (Wildman–Crippen MR) is 85.0 cm³/mol. The van der Waals surface area contributed by atoms with E-state index < -0.39 is 0 Å². The molecule has 0 saturated heterocycles. The molecule has 0 radical (unpaired) electrons. The molecular weight excluding hydrogens is 280 g/mol. The van der Waals surface area contributed by atoms with Crippen molar-refractivity contribution < 1.29 is 14.3 Å². The summed E-state index contributed by atoms with van der Waals surface area (Å²) >= 11 is 0. The number of hydrogen-bond acceptors (Lipinski definition) is 4. The van der Waals surface area contributed by atoms with E-state index >= 15 is 0 Å². The standard InChI is InChI=1S/C17H18N2O3/c1-11(20)15-8-5-13(9-16(15)18)17(21)19-10-12-3-6-14(22-2)7-4-12/h3-9H,10,18H2,1-2H3,(H,19,21). The van der Waals surface area contributed by atoms with E-state index in [1.54, 1.807) is 19.2 Å². The summed E-state index contributed by atoms with van der Waals surface area (Å²) in [6.07, 6.45) is 0. The number of nitrogen functional groups attached to an aromatic ring is 1. The molecule has 0 fully saturated rings. The van der Waals surface area contributed by atoms with Crippen LogP contribution in [0.15, 0.2) is 42.5 Å². The summed E-state index contributed by atoms with van der Waals surface area (Å²) in [6, 6.07) is 12.1. The highest BCUT2D eigenvalue weighted by atomic mass is 16.5. The highest BCUT2D eigenvalue weighted by Crippen LogP contribution is 2.15. The minimum absolute atomic E-state index is 0.123. The van der Waals surface area contributed by atoms with Gasteiger partial charge in [-0.1, -0.05) is 12.1 Å². The zero-order valence-electron chi connectivity index (χ0n) is 12.6. The van der Waals surface area contributed by atoms with Crippen molar-refractivity contribution in [3.63, 3.8) is 0 Å². The lowest BCUT2D eigenvalue weighted by Crippen LogP contribution is -2.23. The van der Waals surface area contributed by atoms with Crippen LogP contribution in [-0.2, 0) is 6.54 Å². The average molecular weight is 298 g/mol. The number of rotatable bonds is 5. The Bertz CT molecular complexity index is 694. The molecule has 5 heteroatoms. The molecule has 5 nitrogen and oxygen atoms in total. The van der Waals surface area contributed by atoms with E-state index in [1.165, 1.54) is 13.0 Å². The van der Waals surface area contributed by atoms with Gasteiger partial charge in [-0.15, -0.1) is 0 Å². The Morgan fingerprint density at radius 2 is 1.82 bits per heavy atom. The van der Waals surface area contributed by atoms with Crippen molar-refractivity contribution in [2.75, 3.05) is 12.8 Å². The summed E-state index contributed by atoms with van der Waals surface area (Å²) in [5, 5.41) is 2.81. The van der Waals surface area contributed by atoms with E-state index in [0.29, 0.717) is 23.4 Å². The molecule has 0 heterocycles. The fourth-order valence-corrected chi connectivity index (χ4v) is 2.05. The summed E-state index contributed by atoms with van der Waals surface area (Å²) in [5.41, 5.74) is 7.90. The van der Waals surface area contributed by atoms with E-state index in [4.69, 9.17) is 10.5 Å². The lowest BCUT2D eigenvalue weighted by molar-refractivity contribution is 0.0949. The number of ether oxygens (including phenoxy) is 1. The van der Waals surface area contributed by atoms with Crippen LogP contribution < -0.4 is 15.8 Å². The van der Waals surface area contributed by atoms with Crippen molar-refractivity contribution >= 4 is 17.4 Å². The topological polar surface area (TPSA) is 81.4 Å². The zero-order chi connectivity index (χ0) is 16.1. The van der Waals surface area contributed by atoms with Gasteiger partial charge in [0.15, 0.2) is 5.78 Å². The van der Waals surface area contributed by atoms with Gasteiger partial charge in [0.2, 0.25) is 0 Å². The monoisotopic (exact) mass is 298 g/mol. The molecule has 0 saturated carbocycles. The Labute approximate surface area is 129 Å². The molecule has 0 aliphatic rings. The maximum absolute atomic E-state index is 12.1. The molecule has 0 aromatic heterocycles. The first kappa shape index (κ1) is 15.6. The van der Waals surface area contributed by atoms with Crippen LogP contribution in [0.1, 0.15) is 33.2 Å². The van der Waals surface area contributed by atoms with Gasteiger partial charge in [0, 0.05) is 23.4 Å². The number of carbonyl (C=O) groups is 2. The van der Waals surface area contributed by atoms with E-state index in [2.05, 4.69) is 5.32 Å². The van der Waals surface area contributed by atoms with Crippen molar-refractivity contribution in [1.82, 2.24) is 5.32 Å². The molecule has 2 aromatic carbocycles. The lowest BCUT2D eigenvalue weighted by atomic mass is 10.1.